The topological polar surface area (TPSA) is 29.1 Å². The highest BCUT2D eigenvalue weighted by atomic mass is 16.1. The van der Waals surface area contributed by atoms with E-state index >= 15 is 0 Å². The number of carbonyl (C=O) groups excluding carboxylic acids is 1. The first-order valence-corrected chi connectivity index (χ1v) is 9.03. The average Bonchev–Trinajstić information content (AvgIpc) is 2.45. The van der Waals surface area contributed by atoms with Crippen molar-refractivity contribution in [1.29, 1.82) is 0 Å². The number of amides is 1. The average molecular weight is 284 g/mol. The Balaban J connectivity index is 3.65. The van der Waals surface area contributed by atoms with E-state index in [0.29, 0.717) is 0 Å². The second-order valence-electron chi connectivity index (χ2n) is 6.00. The monoisotopic (exact) mass is 283 g/mol. The highest BCUT2D eigenvalue weighted by Gasteiger charge is 2.16. The van der Waals surface area contributed by atoms with Gasteiger partial charge in [0.1, 0.15) is 0 Å². The summed E-state index contributed by atoms with van der Waals surface area (Å²) in [4.78, 5) is 12.0. The van der Waals surface area contributed by atoms with Crippen molar-refractivity contribution in [2.75, 3.05) is 6.54 Å². The van der Waals surface area contributed by atoms with E-state index in [9.17, 15) is 4.79 Å². The quantitative estimate of drug-likeness (QED) is 0.421. The van der Waals surface area contributed by atoms with Crippen LogP contribution in [0, 0.1) is 5.92 Å². The molecule has 0 aromatic heterocycles. The van der Waals surface area contributed by atoms with Crippen molar-refractivity contribution >= 4 is 5.91 Å². The van der Waals surface area contributed by atoms with E-state index in [1.807, 2.05) is 6.92 Å². The van der Waals surface area contributed by atoms with Crippen LogP contribution in [0.5, 0.6) is 0 Å². The molecule has 0 fully saturated rings. The SMILES string of the molecule is CCCCCCCCCCC(CCCC)C(=O)NCC. The van der Waals surface area contributed by atoms with Crippen LogP contribution >= 0.6 is 0 Å². The first-order chi connectivity index (χ1) is 9.76. The molecule has 0 aromatic carbocycles. The van der Waals surface area contributed by atoms with Crippen molar-refractivity contribution in [2.24, 2.45) is 5.92 Å². The molecule has 1 N–H and O–H groups in total. The van der Waals surface area contributed by atoms with Crippen LogP contribution in [0.25, 0.3) is 0 Å². The van der Waals surface area contributed by atoms with Crippen LogP contribution in [0.1, 0.15) is 97.8 Å². The van der Waals surface area contributed by atoms with E-state index in [-0.39, 0.29) is 11.8 Å². The fourth-order valence-electron chi connectivity index (χ4n) is 2.70. The number of unbranched alkanes of at least 4 members (excludes halogenated alkanes) is 8. The molecule has 0 aliphatic carbocycles. The molecule has 2 heteroatoms. The largest absolute Gasteiger partial charge is 0.356 e. The van der Waals surface area contributed by atoms with Gasteiger partial charge in [-0.2, -0.15) is 0 Å². The highest BCUT2D eigenvalue weighted by Crippen LogP contribution is 2.18. The van der Waals surface area contributed by atoms with Gasteiger partial charge in [0.2, 0.25) is 5.91 Å². The van der Waals surface area contributed by atoms with Crippen molar-refractivity contribution in [3.8, 4) is 0 Å². The van der Waals surface area contributed by atoms with Crippen molar-refractivity contribution in [2.45, 2.75) is 97.8 Å². The summed E-state index contributed by atoms with van der Waals surface area (Å²) >= 11 is 0. The zero-order valence-electron chi connectivity index (χ0n) is 14.2. The molecule has 120 valence electrons. The maximum atomic E-state index is 12.0. The van der Waals surface area contributed by atoms with E-state index in [4.69, 9.17) is 0 Å². The van der Waals surface area contributed by atoms with E-state index < -0.39 is 0 Å². The molecule has 0 aliphatic heterocycles. The molecule has 20 heavy (non-hydrogen) atoms. The van der Waals surface area contributed by atoms with Crippen LogP contribution in [0.4, 0.5) is 0 Å². The Morgan fingerprint density at radius 2 is 1.25 bits per heavy atom. The van der Waals surface area contributed by atoms with Crippen molar-refractivity contribution in [3.63, 3.8) is 0 Å². The Labute approximate surface area is 127 Å². The van der Waals surface area contributed by atoms with Crippen molar-refractivity contribution in [1.82, 2.24) is 5.32 Å². The highest BCUT2D eigenvalue weighted by molar-refractivity contribution is 5.78. The fourth-order valence-corrected chi connectivity index (χ4v) is 2.70. The van der Waals surface area contributed by atoms with E-state index in [1.54, 1.807) is 0 Å². The molecule has 0 spiro atoms. The van der Waals surface area contributed by atoms with Gasteiger partial charge in [-0.05, 0) is 19.8 Å². The van der Waals surface area contributed by atoms with Gasteiger partial charge in [0.05, 0.1) is 0 Å². The summed E-state index contributed by atoms with van der Waals surface area (Å²) in [6.45, 7) is 7.23. The van der Waals surface area contributed by atoms with Crippen LogP contribution in [0.2, 0.25) is 0 Å². The van der Waals surface area contributed by atoms with E-state index in [2.05, 4.69) is 19.2 Å². The lowest BCUT2D eigenvalue weighted by Crippen LogP contribution is -2.30. The Kier molecular flexibility index (Phi) is 14.5. The van der Waals surface area contributed by atoms with Crippen molar-refractivity contribution < 1.29 is 4.79 Å². The lowest BCUT2D eigenvalue weighted by molar-refractivity contribution is -0.125. The molecular formula is C18H37NO. The summed E-state index contributed by atoms with van der Waals surface area (Å²) in [7, 11) is 0. The van der Waals surface area contributed by atoms with Crippen LogP contribution in [0.3, 0.4) is 0 Å². The van der Waals surface area contributed by atoms with Crippen LogP contribution in [-0.2, 0) is 4.79 Å². The lowest BCUT2D eigenvalue weighted by Gasteiger charge is -2.15. The van der Waals surface area contributed by atoms with Gasteiger partial charge in [-0.3, -0.25) is 4.79 Å². The third-order valence-electron chi connectivity index (χ3n) is 4.03. The molecule has 0 aliphatic rings. The number of carbonyl (C=O) groups is 1. The number of nitrogens with one attached hydrogen (secondary N) is 1. The molecule has 0 heterocycles. The minimum Gasteiger partial charge on any atom is -0.356 e. The van der Waals surface area contributed by atoms with Gasteiger partial charge in [0.15, 0.2) is 0 Å². The van der Waals surface area contributed by atoms with Crippen LogP contribution in [0.15, 0.2) is 0 Å². The van der Waals surface area contributed by atoms with Gasteiger partial charge >= 0.3 is 0 Å². The van der Waals surface area contributed by atoms with Gasteiger partial charge < -0.3 is 5.32 Å². The molecular weight excluding hydrogens is 246 g/mol. The Bertz CT molecular complexity index is 215. The number of rotatable bonds is 14. The normalized spacial score (nSPS) is 12.3. The molecule has 0 saturated carbocycles. The molecule has 0 radical (unpaired) electrons. The van der Waals surface area contributed by atoms with E-state index in [1.165, 1.54) is 64.2 Å². The third kappa shape index (κ3) is 11.3. The third-order valence-corrected chi connectivity index (χ3v) is 4.03. The van der Waals surface area contributed by atoms with Gasteiger partial charge in [0.25, 0.3) is 0 Å². The fraction of sp³-hybridized carbons (Fsp3) is 0.944. The van der Waals surface area contributed by atoms with E-state index in [0.717, 1.165) is 19.4 Å². The second-order valence-corrected chi connectivity index (χ2v) is 6.00. The molecule has 1 unspecified atom stereocenters. The van der Waals surface area contributed by atoms with Gasteiger partial charge in [-0.25, -0.2) is 0 Å². The lowest BCUT2D eigenvalue weighted by atomic mass is 9.94. The van der Waals surface area contributed by atoms with Gasteiger partial charge in [-0.1, -0.05) is 78.1 Å². The zero-order valence-corrected chi connectivity index (χ0v) is 14.2. The maximum Gasteiger partial charge on any atom is 0.223 e. The molecule has 2 nitrogen and oxygen atoms in total. The summed E-state index contributed by atoms with van der Waals surface area (Å²) in [5.41, 5.74) is 0. The Morgan fingerprint density at radius 3 is 1.80 bits per heavy atom. The maximum absolute atomic E-state index is 12.0. The Morgan fingerprint density at radius 1 is 0.750 bits per heavy atom. The summed E-state index contributed by atoms with van der Waals surface area (Å²) in [6.07, 6.45) is 15.3. The summed E-state index contributed by atoms with van der Waals surface area (Å²) in [5.74, 6) is 0.541. The molecule has 0 aromatic rings. The first-order valence-electron chi connectivity index (χ1n) is 9.03. The number of hydrogen-bond donors (Lipinski definition) is 1. The molecule has 1 amide bonds. The molecule has 0 rings (SSSR count). The minimum atomic E-state index is 0.259. The van der Waals surface area contributed by atoms with Crippen molar-refractivity contribution in [3.05, 3.63) is 0 Å². The summed E-state index contributed by atoms with van der Waals surface area (Å²) < 4.78 is 0. The van der Waals surface area contributed by atoms with Crippen LogP contribution in [-0.4, -0.2) is 12.5 Å². The Hall–Kier alpha value is -0.530. The minimum absolute atomic E-state index is 0.259. The number of hydrogen-bond acceptors (Lipinski definition) is 1. The smallest absolute Gasteiger partial charge is 0.223 e. The molecule has 0 saturated heterocycles. The molecule has 0 bridgehead atoms. The summed E-state index contributed by atoms with van der Waals surface area (Å²) in [6, 6.07) is 0. The zero-order chi connectivity index (χ0) is 15.1. The predicted molar refractivity (Wildman–Crippen MR) is 88.9 cm³/mol. The standard InChI is InChI=1S/C18H37NO/c1-4-7-9-10-11-12-13-14-16-17(15-8-5-2)18(20)19-6-3/h17H,4-16H2,1-3H3,(H,19,20). The first kappa shape index (κ1) is 19.5. The van der Waals surface area contributed by atoms with Gasteiger partial charge in [-0.15, -0.1) is 0 Å². The summed E-state index contributed by atoms with van der Waals surface area (Å²) in [5, 5.41) is 2.99. The van der Waals surface area contributed by atoms with Gasteiger partial charge in [0, 0.05) is 12.5 Å². The predicted octanol–water partition coefficient (Wildman–Crippen LogP) is 5.46. The molecule has 1 atom stereocenters. The van der Waals surface area contributed by atoms with Crippen LogP contribution < -0.4 is 5.32 Å². The second kappa shape index (κ2) is 14.9.